The lowest BCUT2D eigenvalue weighted by Gasteiger charge is -2.26. The Morgan fingerprint density at radius 3 is 2.78 bits per heavy atom. The van der Waals surface area contributed by atoms with Gasteiger partial charge in [-0.15, -0.1) is 11.3 Å². The van der Waals surface area contributed by atoms with Gasteiger partial charge in [-0.05, 0) is 47.7 Å². The Labute approximate surface area is 165 Å². The molecule has 2 aromatic rings. The molecule has 0 amide bonds. The quantitative estimate of drug-likeness (QED) is 0.413. The maximum Gasteiger partial charge on any atom is 0.188 e. The number of guanidine groups is 1. The maximum atomic E-state index is 5.99. The number of aliphatic imine (C=N–C) groups is 1. The van der Waals surface area contributed by atoms with Crippen molar-refractivity contribution in [2.75, 3.05) is 46.5 Å². The zero-order valence-corrected chi connectivity index (χ0v) is 16.6. The lowest BCUT2D eigenvalue weighted by atomic mass is 10.1. The predicted octanol–water partition coefficient (Wildman–Crippen LogP) is 2.55. The summed E-state index contributed by atoms with van der Waals surface area (Å²) >= 11 is 1.70. The lowest BCUT2D eigenvalue weighted by Crippen LogP contribution is -2.39. The van der Waals surface area contributed by atoms with Crippen LogP contribution in [0.1, 0.15) is 11.3 Å². The highest BCUT2D eigenvalue weighted by molar-refractivity contribution is 7.10. The molecule has 0 atom stereocenters. The highest BCUT2D eigenvalue weighted by Crippen LogP contribution is 2.27. The number of nitrogens with two attached hydrogens (primary N) is 1. The molecule has 0 unspecified atom stereocenters. The van der Waals surface area contributed by atoms with Crippen molar-refractivity contribution in [3.05, 3.63) is 40.6 Å². The first kappa shape index (κ1) is 19.7. The summed E-state index contributed by atoms with van der Waals surface area (Å²) in [5.74, 6) is 1.38. The van der Waals surface area contributed by atoms with E-state index in [0.717, 1.165) is 51.6 Å². The summed E-state index contributed by atoms with van der Waals surface area (Å²) in [7, 11) is 1.68. The minimum absolute atomic E-state index is 0.511. The smallest absolute Gasteiger partial charge is 0.188 e. The van der Waals surface area contributed by atoms with E-state index in [2.05, 4.69) is 38.8 Å². The second-order valence-electron chi connectivity index (χ2n) is 6.47. The average Bonchev–Trinajstić information content (AvgIpc) is 3.19. The first-order valence-electron chi connectivity index (χ1n) is 9.30. The van der Waals surface area contributed by atoms with Crippen LogP contribution in [0.4, 0.5) is 0 Å². The molecule has 1 saturated heterocycles. The van der Waals surface area contributed by atoms with Crippen molar-refractivity contribution in [3.63, 3.8) is 0 Å². The zero-order chi connectivity index (χ0) is 18.9. The highest BCUT2D eigenvalue weighted by atomic mass is 32.1. The number of nitrogens with one attached hydrogen (secondary N) is 1. The lowest BCUT2D eigenvalue weighted by molar-refractivity contribution is 0.0376. The van der Waals surface area contributed by atoms with Crippen molar-refractivity contribution in [2.45, 2.75) is 13.0 Å². The normalized spacial score (nSPS) is 15.7. The fraction of sp³-hybridized carbons (Fsp3) is 0.450. The molecule has 1 aliphatic heterocycles. The Kier molecular flexibility index (Phi) is 7.50. The van der Waals surface area contributed by atoms with Crippen molar-refractivity contribution < 1.29 is 9.47 Å². The summed E-state index contributed by atoms with van der Waals surface area (Å²) in [5, 5.41) is 5.36. The average molecular weight is 389 g/mol. The van der Waals surface area contributed by atoms with Crippen molar-refractivity contribution in [2.24, 2.45) is 10.7 Å². The summed E-state index contributed by atoms with van der Waals surface area (Å²) in [6.45, 7) is 6.25. The molecular weight excluding hydrogens is 360 g/mol. The van der Waals surface area contributed by atoms with E-state index in [9.17, 15) is 0 Å². The molecule has 6 nitrogen and oxygen atoms in total. The minimum atomic E-state index is 0.511. The fourth-order valence-corrected chi connectivity index (χ4v) is 3.78. The molecule has 0 saturated carbocycles. The number of thiophene rings is 1. The summed E-state index contributed by atoms with van der Waals surface area (Å²) < 4.78 is 10.6. The van der Waals surface area contributed by atoms with E-state index < -0.39 is 0 Å². The molecule has 2 heterocycles. The van der Waals surface area contributed by atoms with Crippen LogP contribution in [0.25, 0.3) is 11.1 Å². The predicted molar refractivity (Wildman–Crippen MR) is 112 cm³/mol. The molecule has 1 aliphatic rings. The van der Waals surface area contributed by atoms with Gasteiger partial charge >= 0.3 is 0 Å². The number of benzene rings is 1. The van der Waals surface area contributed by atoms with E-state index in [1.807, 2.05) is 12.1 Å². The van der Waals surface area contributed by atoms with Crippen molar-refractivity contribution in [1.29, 1.82) is 0 Å². The van der Waals surface area contributed by atoms with E-state index in [4.69, 9.17) is 15.2 Å². The van der Waals surface area contributed by atoms with Gasteiger partial charge in [-0.2, -0.15) is 0 Å². The van der Waals surface area contributed by atoms with Crippen molar-refractivity contribution in [3.8, 4) is 16.9 Å². The molecule has 1 aromatic heterocycles. The van der Waals surface area contributed by atoms with Crippen molar-refractivity contribution in [1.82, 2.24) is 10.2 Å². The van der Waals surface area contributed by atoms with Crippen LogP contribution in [0.5, 0.6) is 5.75 Å². The van der Waals surface area contributed by atoms with Crippen molar-refractivity contribution >= 4 is 17.3 Å². The summed E-state index contributed by atoms with van der Waals surface area (Å²) in [5.41, 5.74) is 8.36. The van der Waals surface area contributed by atoms with E-state index >= 15 is 0 Å². The first-order chi connectivity index (χ1) is 13.2. The van der Waals surface area contributed by atoms with Gasteiger partial charge in [0.2, 0.25) is 0 Å². The molecule has 0 spiro atoms. The van der Waals surface area contributed by atoms with Crippen LogP contribution < -0.4 is 15.8 Å². The summed E-state index contributed by atoms with van der Waals surface area (Å²) in [4.78, 5) is 8.07. The molecule has 0 radical (unpaired) electrons. The molecule has 27 heavy (non-hydrogen) atoms. The molecule has 7 heteroatoms. The van der Waals surface area contributed by atoms with Crippen LogP contribution in [0.2, 0.25) is 0 Å². The van der Waals surface area contributed by atoms with Gasteiger partial charge in [0.15, 0.2) is 5.96 Å². The number of hydrogen-bond acceptors (Lipinski definition) is 5. The van der Waals surface area contributed by atoms with Gasteiger partial charge in [-0.25, -0.2) is 4.99 Å². The Bertz CT molecular complexity index is 724. The SMILES string of the molecule is COc1ccc(-c2csc(CN=C(N)NCCCN3CCOCC3)c2)cc1. The number of ether oxygens (including phenoxy) is 2. The minimum Gasteiger partial charge on any atom is -0.497 e. The molecular formula is C20H28N4O2S. The Balaban J connectivity index is 1.41. The number of morpholine rings is 1. The van der Waals surface area contributed by atoms with Crippen LogP contribution in [0.15, 0.2) is 40.7 Å². The zero-order valence-electron chi connectivity index (χ0n) is 15.8. The molecule has 0 aliphatic carbocycles. The molecule has 1 aromatic carbocycles. The summed E-state index contributed by atoms with van der Waals surface area (Å²) in [6.07, 6.45) is 1.05. The Hall–Kier alpha value is -2.09. The molecule has 1 fully saturated rings. The van der Waals surface area contributed by atoms with E-state index in [-0.39, 0.29) is 0 Å². The molecule has 0 bridgehead atoms. The third-order valence-corrected chi connectivity index (χ3v) is 5.46. The largest absolute Gasteiger partial charge is 0.497 e. The Morgan fingerprint density at radius 1 is 1.26 bits per heavy atom. The van der Waals surface area contributed by atoms with Gasteiger partial charge in [0.25, 0.3) is 0 Å². The van der Waals surface area contributed by atoms with Gasteiger partial charge in [0, 0.05) is 24.5 Å². The van der Waals surface area contributed by atoms with E-state index in [1.54, 1.807) is 18.4 Å². The molecule has 3 rings (SSSR count). The van der Waals surface area contributed by atoms with Gasteiger partial charge in [0.05, 0.1) is 26.9 Å². The number of nitrogens with zero attached hydrogens (tertiary/aromatic N) is 2. The van der Waals surface area contributed by atoms with Gasteiger partial charge in [0.1, 0.15) is 5.75 Å². The maximum absolute atomic E-state index is 5.99. The second-order valence-corrected chi connectivity index (χ2v) is 7.46. The second kappa shape index (κ2) is 10.3. The van der Waals surface area contributed by atoms with Gasteiger partial charge < -0.3 is 20.5 Å². The van der Waals surface area contributed by atoms with Crippen LogP contribution in [-0.4, -0.2) is 57.4 Å². The molecule has 3 N–H and O–H groups in total. The number of methoxy groups -OCH3 is 1. The monoisotopic (exact) mass is 388 g/mol. The summed E-state index contributed by atoms with van der Waals surface area (Å²) in [6, 6.07) is 10.3. The third kappa shape index (κ3) is 6.23. The third-order valence-electron chi connectivity index (χ3n) is 4.54. The van der Waals surface area contributed by atoms with Crippen LogP contribution in [0.3, 0.4) is 0 Å². The molecule has 146 valence electrons. The van der Waals surface area contributed by atoms with Gasteiger partial charge in [-0.1, -0.05) is 12.1 Å². The van der Waals surface area contributed by atoms with Crippen LogP contribution >= 0.6 is 11.3 Å². The Morgan fingerprint density at radius 2 is 2.04 bits per heavy atom. The van der Waals surface area contributed by atoms with Crippen LogP contribution in [0, 0.1) is 0 Å². The van der Waals surface area contributed by atoms with Crippen LogP contribution in [-0.2, 0) is 11.3 Å². The van der Waals surface area contributed by atoms with E-state index in [1.165, 1.54) is 16.0 Å². The number of hydrogen-bond donors (Lipinski definition) is 2. The van der Waals surface area contributed by atoms with Gasteiger partial charge in [-0.3, -0.25) is 4.90 Å². The number of rotatable bonds is 8. The first-order valence-corrected chi connectivity index (χ1v) is 10.2. The standard InChI is InChI=1S/C20H28N4O2S/c1-25-18-5-3-16(4-6-18)17-13-19(27-15-17)14-23-20(21)22-7-2-8-24-9-11-26-12-10-24/h3-6,13,15H,2,7-12,14H2,1H3,(H3,21,22,23). The fourth-order valence-electron chi connectivity index (χ4n) is 2.96. The van der Waals surface area contributed by atoms with E-state index in [0.29, 0.717) is 12.5 Å². The highest BCUT2D eigenvalue weighted by Gasteiger charge is 2.09. The topological polar surface area (TPSA) is 72.1 Å².